The van der Waals surface area contributed by atoms with Gasteiger partial charge in [-0.25, -0.2) is 0 Å². The van der Waals surface area contributed by atoms with Crippen molar-refractivity contribution in [1.29, 1.82) is 0 Å². The molecule has 8 aromatic carbocycles. The Balaban J connectivity index is 1.22. The molecule has 0 radical (unpaired) electrons. The molecule has 0 heterocycles. The van der Waals surface area contributed by atoms with Crippen LogP contribution in [-0.4, -0.2) is 0 Å². The summed E-state index contributed by atoms with van der Waals surface area (Å²) < 4.78 is 0. The molecule has 1 heteroatoms. The molecule has 0 fully saturated rings. The monoisotopic (exact) mass is 639 g/mol. The summed E-state index contributed by atoms with van der Waals surface area (Å²) in [6.07, 6.45) is 0. The van der Waals surface area contributed by atoms with Crippen molar-refractivity contribution in [3.63, 3.8) is 0 Å². The Morgan fingerprint density at radius 2 is 1.00 bits per heavy atom. The summed E-state index contributed by atoms with van der Waals surface area (Å²) in [5.41, 5.74) is 16.1. The minimum Gasteiger partial charge on any atom is -0.310 e. The quantitative estimate of drug-likeness (QED) is 0.175. The first-order valence-corrected chi connectivity index (χ1v) is 17.4. The van der Waals surface area contributed by atoms with Gasteiger partial charge in [0, 0.05) is 22.4 Å². The Labute approximate surface area is 294 Å². The van der Waals surface area contributed by atoms with Crippen LogP contribution in [0.4, 0.5) is 17.1 Å². The van der Waals surface area contributed by atoms with Gasteiger partial charge in [0.2, 0.25) is 0 Å². The second-order valence-electron chi connectivity index (χ2n) is 13.7. The number of nitrogens with zero attached hydrogens (tertiary/aromatic N) is 1. The van der Waals surface area contributed by atoms with Crippen LogP contribution in [0.1, 0.15) is 25.0 Å². The average molecular weight is 640 g/mol. The Morgan fingerprint density at radius 3 is 1.74 bits per heavy atom. The molecule has 238 valence electrons. The zero-order valence-electron chi connectivity index (χ0n) is 28.3. The molecule has 1 aliphatic rings. The van der Waals surface area contributed by atoms with Gasteiger partial charge in [-0.3, -0.25) is 0 Å². The molecule has 1 nitrogen and oxygen atoms in total. The first-order chi connectivity index (χ1) is 24.6. The van der Waals surface area contributed by atoms with Crippen LogP contribution in [0.3, 0.4) is 0 Å². The fourth-order valence-corrected chi connectivity index (χ4v) is 7.99. The summed E-state index contributed by atoms with van der Waals surface area (Å²) in [6.45, 7) is 4.75. The van der Waals surface area contributed by atoms with Crippen LogP contribution in [0, 0.1) is 0 Å². The van der Waals surface area contributed by atoms with Gasteiger partial charge in [-0.2, -0.15) is 0 Å². The molecule has 0 spiro atoms. The van der Waals surface area contributed by atoms with E-state index in [0.717, 1.165) is 17.1 Å². The van der Waals surface area contributed by atoms with E-state index in [4.69, 9.17) is 0 Å². The molecule has 0 unspecified atom stereocenters. The van der Waals surface area contributed by atoms with Crippen molar-refractivity contribution in [2.45, 2.75) is 19.3 Å². The van der Waals surface area contributed by atoms with Crippen LogP contribution in [-0.2, 0) is 5.41 Å². The fourth-order valence-electron chi connectivity index (χ4n) is 7.99. The van der Waals surface area contributed by atoms with Crippen molar-refractivity contribution >= 4 is 27.8 Å². The maximum absolute atomic E-state index is 2.44. The molecular formula is C49H37N. The van der Waals surface area contributed by atoms with Gasteiger partial charge < -0.3 is 4.90 Å². The molecule has 0 N–H and O–H groups in total. The molecule has 0 saturated carbocycles. The van der Waals surface area contributed by atoms with Gasteiger partial charge in [-0.1, -0.05) is 172 Å². The van der Waals surface area contributed by atoms with E-state index in [1.807, 2.05) is 0 Å². The predicted octanol–water partition coefficient (Wildman–Crippen LogP) is 13.6. The highest BCUT2D eigenvalue weighted by molar-refractivity contribution is 6.05. The number of anilines is 3. The minimum atomic E-state index is -0.172. The van der Waals surface area contributed by atoms with Crippen molar-refractivity contribution in [1.82, 2.24) is 0 Å². The van der Waals surface area contributed by atoms with E-state index >= 15 is 0 Å². The van der Waals surface area contributed by atoms with E-state index in [9.17, 15) is 0 Å². The summed E-state index contributed by atoms with van der Waals surface area (Å²) in [6, 6.07) is 68.5. The summed E-state index contributed by atoms with van der Waals surface area (Å²) in [7, 11) is 0. The van der Waals surface area contributed by atoms with Crippen LogP contribution in [0.2, 0.25) is 0 Å². The molecule has 0 aromatic heterocycles. The number of hydrogen-bond acceptors (Lipinski definition) is 1. The molecule has 0 aliphatic heterocycles. The van der Waals surface area contributed by atoms with Gasteiger partial charge in [0.15, 0.2) is 0 Å². The number of hydrogen-bond donors (Lipinski definition) is 0. The average Bonchev–Trinajstić information content (AvgIpc) is 3.41. The lowest BCUT2D eigenvalue weighted by Crippen LogP contribution is -2.17. The Kier molecular flexibility index (Phi) is 7.21. The smallest absolute Gasteiger partial charge is 0.0546 e. The second kappa shape index (κ2) is 12.1. The van der Waals surface area contributed by atoms with Gasteiger partial charge in [0.1, 0.15) is 0 Å². The Hall–Kier alpha value is -6.18. The molecule has 0 bridgehead atoms. The maximum atomic E-state index is 2.44. The summed E-state index contributed by atoms with van der Waals surface area (Å²) in [5.74, 6) is 0. The third-order valence-electron chi connectivity index (χ3n) is 10.5. The summed E-state index contributed by atoms with van der Waals surface area (Å²) >= 11 is 0. The summed E-state index contributed by atoms with van der Waals surface area (Å²) in [4.78, 5) is 2.44. The molecule has 1 aliphatic carbocycles. The predicted molar refractivity (Wildman–Crippen MR) is 213 cm³/mol. The zero-order valence-corrected chi connectivity index (χ0v) is 28.3. The molecule has 50 heavy (non-hydrogen) atoms. The SMILES string of the molecule is CC1(C)c2cc(N(c3ccccc3)c3ccc4ccccc4c3-c3ccccc3)ccc2-c2c(-c3ccc(-c4ccccc4)cc3)cccc21. The highest BCUT2D eigenvalue weighted by atomic mass is 15.1. The van der Waals surface area contributed by atoms with Crippen molar-refractivity contribution < 1.29 is 0 Å². The lowest BCUT2D eigenvalue weighted by Gasteiger charge is -2.30. The van der Waals surface area contributed by atoms with Gasteiger partial charge in [0.05, 0.1) is 5.69 Å². The second-order valence-corrected chi connectivity index (χ2v) is 13.7. The van der Waals surface area contributed by atoms with E-state index in [-0.39, 0.29) is 5.41 Å². The first-order valence-electron chi connectivity index (χ1n) is 17.4. The first kappa shape index (κ1) is 29.9. The van der Waals surface area contributed by atoms with Crippen molar-refractivity contribution in [3.8, 4) is 44.5 Å². The number of fused-ring (bicyclic) bond motifs is 4. The lowest BCUT2D eigenvalue weighted by molar-refractivity contribution is 0.660. The van der Waals surface area contributed by atoms with Gasteiger partial charge in [-0.15, -0.1) is 0 Å². The Morgan fingerprint density at radius 1 is 0.380 bits per heavy atom. The molecule has 9 rings (SSSR count). The van der Waals surface area contributed by atoms with E-state index in [2.05, 4.69) is 207 Å². The van der Waals surface area contributed by atoms with E-state index in [0.29, 0.717) is 0 Å². The lowest BCUT2D eigenvalue weighted by atomic mass is 9.81. The van der Waals surface area contributed by atoms with E-state index in [1.54, 1.807) is 0 Å². The molecule has 0 amide bonds. The van der Waals surface area contributed by atoms with E-state index in [1.165, 1.54) is 66.4 Å². The highest BCUT2D eigenvalue weighted by Crippen LogP contribution is 2.54. The molecule has 0 atom stereocenters. The van der Waals surface area contributed by atoms with Crippen LogP contribution in [0.5, 0.6) is 0 Å². The van der Waals surface area contributed by atoms with Crippen molar-refractivity contribution in [2.75, 3.05) is 4.90 Å². The standard InChI is InChI=1S/C49H37N/c1-49(2)44-24-14-23-42(37-27-25-35(26-28-37)34-15-6-3-7-16-34)48(44)43-31-30-40(33-45(43)49)50(39-20-10-5-11-21-39)46-32-29-36-17-12-13-22-41(36)47(46)38-18-8-4-9-19-38/h3-33H,1-2H3. The van der Waals surface area contributed by atoms with Crippen LogP contribution < -0.4 is 4.90 Å². The number of benzene rings is 8. The highest BCUT2D eigenvalue weighted by Gasteiger charge is 2.37. The largest absolute Gasteiger partial charge is 0.310 e. The third-order valence-corrected chi connectivity index (χ3v) is 10.5. The fraction of sp³-hybridized carbons (Fsp3) is 0.0612. The molecular weight excluding hydrogens is 603 g/mol. The molecule has 0 saturated heterocycles. The number of rotatable bonds is 6. The topological polar surface area (TPSA) is 3.24 Å². The summed E-state index contributed by atoms with van der Waals surface area (Å²) in [5, 5.41) is 2.48. The van der Waals surface area contributed by atoms with Crippen molar-refractivity contribution in [2.24, 2.45) is 0 Å². The molecule has 8 aromatic rings. The third kappa shape index (κ3) is 4.94. The van der Waals surface area contributed by atoms with E-state index < -0.39 is 0 Å². The van der Waals surface area contributed by atoms with Gasteiger partial charge >= 0.3 is 0 Å². The van der Waals surface area contributed by atoms with Crippen molar-refractivity contribution in [3.05, 3.63) is 199 Å². The maximum Gasteiger partial charge on any atom is 0.0546 e. The van der Waals surface area contributed by atoms with Crippen LogP contribution >= 0.6 is 0 Å². The minimum absolute atomic E-state index is 0.172. The van der Waals surface area contributed by atoms with Crippen LogP contribution in [0.25, 0.3) is 55.3 Å². The zero-order chi connectivity index (χ0) is 33.7. The normalized spacial score (nSPS) is 12.8. The van der Waals surface area contributed by atoms with Gasteiger partial charge in [0.25, 0.3) is 0 Å². The van der Waals surface area contributed by atoms with Gasteiger partial charge in [-0.05, 0) is 91.2 Å². The van der Waals surface area contributed by atoms with Crippen LogP contribution in [0.15, 0.2) is 188 Å². The Bertz CT molecular complexity index is 2480. The number of para-hydroxylation sites is 1.